The van der Waals surface area contributed by atoms with E-state index in [2.05, 4.69) is 6.92 Å². The molecule has 0 saturated carbocycles. The van der Waals surface area contributed by atoms with Gasteiger partial charge in [0.1, 0.15) is 0 Å². The normalized spacial score (nSPS) is 11.5. The first-order valence-electron chi connectivity index (χ1n) is 5.43. The van der Waals surface area contributed by atoms with Gasteiger partial charge in [0, 0.05) is 12.2 Å². The third-order valence-electron chi connectivity index (χ3n) is 1.72. The molecule has 0 fully saturated rings. The second-order valence-electron chi connectivity index (χ2n) is 3.28. The maximum Gasteiger partial charge on any atom is 0.333 e. The van der Waals surface area contributed by atoms with E-state index in [0.717, 1.165) is 25.9 Å². The fourth-order valence-corrected chi connectivity index (χ4v) is 1.41. The van der Waals surface area contributed by atoms with Crippen molar-refractivity contribution in [2.45, 2.75) is 40.0 Å². The van der Waals surface area contributed by atoms with E-state index in [0.29, 0.717) is 12.2 Å². The molecule has 0 aromatic rings. The molecular formula is C11H20O3Si. The molecule has 86 valence electrons. The molecule has 3 nitrogen and oxygen atoms in total. The fraction of sp³-hybridized carbons (Fsp3) is 0.727. The molecule has 0 bridgehead atoms. The van der Waals surface area contributed by atoms with Crippen LogP contribution in [0.3, 0.4) is 0 Å². The van der Waals surface area contributed by atoms with Gasteiger partial charge in [-0.1, -0.05) is 26.0 Å². The van der Waals surface area contributed by atoms with Gasteiger partial charge in [0.05, 0.1) is 6.61 Å². The summed E-state index contributed by atoms with van der Waals surface area (Å²) in [6.07, 6.45) is 3.06. The summed E-state index contributed by atoms with van der Waals surface area (Å²) in [6, 6.07) is 0. The van der Waals surface area contributed by atoms with E-state index in [1.54, 1.807) is 12.6 Å². The fourth-order valence-electron chi connectivity index (χ4n) is 0.773. The number of unbranched alkanes of at least 4 members (excludes halogenated alkanes) is 1. The first-order chi connectivity index (χ1) is 7.22. The molecule has 0 spiro atoms. The monoisotopic (exact) mass is 228 g/mol. The van der Waals surface area contributed by atoms with Gasteiger partial charge < -0.3 is 9.16 Å². The van der Waals surface area contributed by atoms with Crippen LogP contribution in [0.25, 0.3) is 0 Å². The second kappa shape index (κ2) is 9.92. The highest BCUT2D eigenvalue weighted by molar-refractivity contribution is 6.35. The standard InChI is InChI=1S/C11H20O3Si/c1-4-6-8-14-15-9-10(3)11(12)13-7-5-2/h9H,4-8H2,1-3H3/b10-9+. The number of ether oxygens (including phenoxy) is 1. The molecule has 4 heteroatoms. The largest absolute Gasteiger partial charge is 0.462 e. The van der Waals surface area contributed by atoms with Crippen LogP contribution in [0.4, 0.5) is 0 Å². The van der Waals surface area contributed by atoms with Crippen molar-refractivity contribution in [3.8, 4) is 0 Å². The Morgan fingerprint density at radius 2 is 2.00 bits per heavy atom. The zero-order valence-corrected chi connectivity index (χ0v) is 10.8. The van der Waals surface area contributed by atoms with Gasteiger partial charge in [0.25, 0.3) is 9.76 Å². The average molecular weight is 228 g/mol. The molecule has 0 unspecified atom stereocenters. The SMILES string of the molecule is CCCCO[Si]/C=C(\C)C(=O)OCCC. The minimum Gasteiger partial charge on any atom is -0.462 e. The van der Waals surface area contributed by atoms with Gasteiger partial charge in [-0.25, -0.2) is 4.79 Å². The van der Waals surface area contributed by atoms with E-state index in [1.807, 2.05) is 6.92 Å². The lowest BCUT2D eigenvalue weighted by atomic mass is 10.4. The van der Waals surface area contributed by atoms with Crippen LogP contribution in [-0.4, -0.2) is 28.9 Å². The van der Waals surface area contributed by atoms with Crippen LogP contribution in [0.1, 0.15) is 40.0 Å². The molecule has 0 N–H and O–H groups in total. The maximum atomic E-state index is 11.3. The molecule has 2 radical (unpaired) electrons. The Balaban J connectivity index is 3.62. The molecule has 15 heavy (non-hydrogen) atoms. The van der Waals surface area contributed by atoms with Gasteiger partial charge in [-0.05, 0) is 19.8 Å². The number of carbonyl (C=O) groups excluding carboxylic acids is 1. The van der Waals surface area contributed by atoms with E-state index < -0.39 is 0 Å². The quantitative estimate of drug-likeness (QED) is 0.277. The van der Waals surface area contributed by atoms with Gasteiger partial charge >= 0.3 is 5.97 Å². The van der Waals surface area contributed by atoms with Crippen molar-refractivity contribution in [1.29, 1.82) is 0 Å². The predicted octanol–water partition coefficient (Wildman–Crippen LogP) is 2.28. The van der Waals surface area contributed by atoms with Crippen molar-refractivity contribution in [3.63, 3.8) is 0 Å². The topological polar surface area (TPSA) is 35.5 Å². The zero-order chi connectivity index (χ0) is 11.5. The second-order valence-corrected chi connectivity index (χ2v) is 4.10. The highest BCUT2D eigenvalue weighted by Gasteiger charge is 2.04. The summed E-state index contributed by atoms with van der Waals surface area (Å²) in [7, 11) is 0.257. The molecule has 0 atom stereocenters. The molecular weight excluding hydrogens is 208 g/mol. The molecule has 0 aliphatic heterocycles. The minimum absolute atomic E-state index is 0.233. The van der Waals surface area contributed by atoms with E-state index in [-0.39, 0.29) is 15.7 Å². The summed E-state index contributed by atoms with van der Waals surface area (Å²) >= 11 is 0. The van der Waals surface area contributed by atoms with Gasteiger partial charge in [-0.2, -0.15) is 0 Å². The van der Waals surface area contributed by atoms with Crippen molar-refractivity contribution < 1.29 is 14.0 Å². The van der Waals surface area contributed by atoms with E-state index in [1.165, 1.54) is 0 Å². The maximum absolute atomic E-state index is 11.3. The summed E-state index contributed by atoms with van der Waals surface area (Å²) < 4.78 is 10.3. The lowest BCUT2D eigenvalue weighted by Gasteiger charge is -2.02. The molecule has 0 saturated heterocycles. The summed E-state index contributed by atoms with van der Waals surface area (Å²) in [5.74, 6) is -0.233. The average Bonchev–Trinajstić information content (AvgIpc) is 2.25. The van der Waals surface area contributed by atoms with E-state index >= 15 is 0 Å². The predicted molar refractivity (Wildman–Crippen MR) is 61.6 cm³/mol. The molecule has 0 aliphatic carbocycles. The number of rotatable bonds is 8. The van der Waals surface area contributed by atoms with E-state index in [9.17, 15) is 4.79 Å². The smallest absolute Gasteiger partial charge is 0.333 e. The Kier molecular flexibility index (Phi) is 9.52. The molecule has 0 rings (SSSR count). The summed E-state index contributed by atoms with van der Waals surface area (Å²) in [5, 5.41) is 0. The molecule has 0 heterocycles. The third kappa shape index (κ3) is 8.39. The highest BCUT2D eigenvalue weighted by atomic mass is 28.2. The number of esters is 1. The van der Waals surface area contributed by atoms with Crippen LogP contribution in [-0.2, 0) is 14.0 Å². The van der Waals surface area contributed by atoms with Crippen molar-refractivity contribution in [1.82, 2.24) is 0 Å². The van der Waals surface area contributed by atoms with Crippen LogP contribution in [0.5, 0.6) is 0 Å². The third-order valence-corrected chi connectivity index (χ3v) is 2.64. The lowest BCUT2D eigenvalue weighted by Crippen LogP contribution is -2.08. The van der Waals surface area contributed by atoms with Crippen LogP contribution in [0, 0.1) is 0 Å². The lowest BCUT2D eigenvalue weighted by molar-refractivity contribution is -0.138. The van der Waals surface area contributed by atoms with Gasteiger partial charge in [-0.3, -0.25) is 0 Å². The van der Waals surface area contributed by atoms with Crippen molar-refractivity contribution in [3.05, 3.63) is 11.3 Å². The zero-order valence-electron chi connectivity index (χ0n) is 9.84. The Morgan fingerprint density at radius 3 is 2.60 bits per heavy atom. The molecule has 0 aromatic heterocycles. The first-order valence-corrected chi connectivity index (χ1v) is 6.42. The Bertz CT molecular complexity index is 202. The minimum atomic E-state index is -0.233. The molecule has 0 aromatic carbocycles. The van der Waals surface area contributed by atoms with Crippen molar-refractivity contribution in [2.24, 2.45) is 0 Å². The Labute approximate surface area is 94.8 Å². The Hall–Kier alpha value is -0.613. The number of carbonyl (C=O) groups is 1. The molecule has 0 amide bonds. The van der Waals surface area contributed by atoms with Crippen molar-refractivity contribution >= 4 is 15.7 Å². The van der Waals surface area contributed by atoms with Gasteiger partial charge in [0.2, 0.25) is 0 Å². The number of hydrogen-bond acceptors (Lipinski definition) is 3. The van der Waals surface area contributed by atoms with Crippen LogP contribution in [0.2, 0.25) is 0 Å². The summed E-state index contributed by atoms with van der Waals surface area (Å²) in [5.41, 5.74) is 2.44. The van der Waals surface area contributed by atoms with Crippen molar-refractivity contribution in [2.75, 3.05) is 13.2 Å². The highest BCUT2D eigenvalue weighted by Crippen LogP contribution is 1.97. The number of hydrogen-bond donors (Lipinski definition) is 0. The summed E-state index contributed by atoms with van der Waals surface area (Å²) in [6.45, 7) is 7.11. The van der Waals surface area contributed by atoms with Gasteiger partial charge in [0.15, 0.2) is 0 Å². The summed E-state index contributed by atoms with van der Waals surface area (Å²) in [4.78, 5) is 11.3. The van der Waals surface area contributed by atoms with E-state index in [4.69, 9.17) is 9.16 Å². The Morgan fingerprint density at radius 1 is 1.27 bits per heavy atom. The molecule has 0 aliphatic rings. The van der Waals surface area contributed by atoms with Crippen LogP contribution >= 0.6 is 0 Å². The first kappa shape index (κ1) is 14.4. The van der Waals surface area contributed by atoms with Crippen LogP contribution in [0.15, 0.2) is 11.3 Å². The van der Waals surface area contributed by atoms with Crippen LogP contribution < -0.4 is 0 Å². The van der Waals surface area contributed by atoms with Gasteiger partial charge in [-0.15, -0.1) is 0 Å².